The van der Waals surface area contributed by atoms with Gasteiger partial charge >= 0.3 is 5.97 Å². The van der Waals surface area contributed by atoms with Crippen LogP contribution < -0.4 is 5.32 Å². The molecule has 6 heteroatoms. The molecule has 0 radical (unpaired) electrons. The van der Waals surface area contributed by atoms with Crippen molar-refractivity contribution in [2.24, 2.45) is 0 Å². The fourth-order valence-corrected chi connectivity index (χ4v) is 1.78. The molecule has 0 saturated heterocycles. The third kappa shape index (κ3) is 6.27. The fraction of sp³-hybridized carbons (Fsp3) is 0.467. The molecule has 1 aromatic carbocycles. The number of carboxylic acids is 1. The summed E-state index contributed by atoms with van der Waals surface area (Å²) in [5, 5.41) is 20.8. The first-order valence-electron chi connectivity index (χ1n) is 6.98. The second-order valence-corrected chi connectivity index (χ2v) is 4.70. The Morgan fingerprint density at radius 2 is 2.00 bits per heavy atom. The molecule has 0 saturated carbocycles. The van der Waals surface area contributed by atoms with Crippen molar-refractivity contribution in [1.29, 1.82) is 0 Å². The first kappa shape index (κ1) is 17.0. The number of phenols is 1. The second-order valence-electron chi connectivity index (χ2n) is 4.70. The van der Waals surface area contributed by atoms with E-state index in [9.17, 15) is 14.7 Å². The molecule has 1 aromatic rings. The van der Waals surface area contributed by atoms with Crippen LogP contribution in [-0.4, -0.2) is 35.3 Å². The van der Waals surface area contributed by atoms with Gasteiger partial charge in [-0.2, -0.15) is 0 Å². The minimum absolute atomic E-state index is 0.0740. The highest BCUT2D eigenvalue weighted by atomic mass is 16.5. The maximum Gasteiger partial charge on any atom is 0.339 e. The fourth-order valence-electron chi connectivity index (χ4n) is 1.78. The molecule has 21 heavy (non-hydrogen) atoms. The molecule has 0 spiro atoms. The SMILES string of the molecule is CCCCCCOCC(=O)Nc1ccc(O)c(C(=O)O)c1. The van der Waals surface area contributed by atoms with E-state index in [1.807, 2.05) is 0 Å². The number of amides is 1. The van der Waals surface area contributed by atoms with Gasteiger partial charge in [0.15, 0.2) is 0 Å². The van der Waals surface area contributed by atoms with Crippen molar-refractivity contribution in [3.63, 3.8) is 0 Å². The Labute approximate surface area is 123 Å². The molecule has 1 rings (SSSR count). The molecule has 0 aliphatic carbocycles. The third-order valence-corrected chi connectivity index (χ3v) is 2.89. The van der Waals surface area contributed by atoms with Crippen LogP contribution in [-0.2, 0) is 9.53 Å². The van der Waals surface area contributed by atoms with Gasteiger partial charge in [0.1, 0.15) is 17.9 Å². The van der Waals surface area contributed by atoms with Gasteiger partial charge in [-0.05, 0) is 24.6 Å². The van der Waals surface area contributed by atoms with Crippen molar-refractivity contribution in [2.45, 2.75) is 32.6 Å². The highest BCUT2D eigenvalue weighted by molar-refractivity contribution is 5.95. The van der Waals surface area contributed by atoms with Gasteiger partial charge in [0.05, 0.1) is 0 Å². The van der Waals surface area contributed by atoms with Crippen LogP contribution in [0.3, 0.4) is 0 Å². The molecule has 0 aliphatic heterocycles. The Bertz CT molecular complexity index is 487. The summed E-state index contributed by atoms with van der Waals surface area (Å²) in [5.74, 6) is -1.95. The number of unbranched alkanes of at least 4 members (excludes halogenated alkanes) is 3. The first-order chi connectivity index (χ1) is 10.0. The third-order valence-electron chi connectivity index (χ3n) is 2.89. The molecule has 0 atom stereocenters. The summed E-state index contributed by atoms with van der Waals surface area (Å²) in [6.45, 7) is 2.58. The van der Waals surface area contributed by atoms with E-state index in [-0.39, 0.29) is 23.8 Å². The maximum absolute atomic E-state index is 11.6. The summed E-state index contributed by atoms with van der Waals surface area (Å²) in [5.41, 5.74) is 0.0538. The molecule has 0 aliphatic rings. The van der Waals surface area contributed by atoms with Crippen LogP contribution in [0.1, 0.15) is 43.0 Å². The van der Waals surface area contributed by atoms with E-state index in [2.05, 4.69) is 12.2 Å². The Kier molecular flexibility index (Phi) is 7.25. The zero-order valence-corrected chi connectivity index (χ0v) is 12.1. The molecule has 0 aromatic heterocycles. The highest BCUT2D eigenvalue weighted by Gasteiger charge is 2.11. The number of nitrogens with one attached hydrogen (secondary N) is 1. The summed E-state index contributed by atoms with van der Waals surface area (Å²) in [6.07, 6.45) is 4.30. The van der Waals surface area contributed by atoms with Crippen LogP contribution in [0.15, 0.2) is 18.2 Å². The number of hydrogen-bond donors (Lipinski definition) is 3. The number of anilines is 1. The Morgan fingerprint density at radius 1 is 1.24 bits per heavy atom. The van der Waals surface area contributed by atoms with Crippen LogP contribution in [0.4, 0.5) is 5.69 Å². The largest absolute Gasteiger partial charge is 0.507 e. The average Bonchev–Trinajstić information content (AvgIpc) is 2.44. The number of carboxylic acid groups (broad SMARTS) is 1. The van der Waals surface area contributed by atoms with Gasteiger partial charge in [0.2, 0.25) is 5.91 Å². The first-order valence-corrected chi connectivity index (χ1v) is 6.98. The summed E-state index contributed by atoms with van der Waals surface area (Å²) in [7, 11) is 0. The Hall–Kier alpha value is -2.08. The number of carbonyl (C=O) groups is 2. The number of carbonyl (C=O) groups excluding carboxylic acids is 1. The van der Waals surface area contributed by atoms with Gasteiger partial charge in [-0.25, -0.2) is 4.79 Å². The lowest BCUT2D eigenvalue weighted by molar-refractivity contribution is -0.120. The molecule has 1 amide bonds. The minimum Gasteiger partial charge on any atom is -0.507 e. The summed E-state index contributed by atoms with van der Waals surface area (Å²) in [6, 6.07) is 3.86. The molecule has 0 unspecified atom stereocenters. The predicted molar refractivity (Wildman–Crippen MR) is 78.7 cm³/mol. The van der Waals surface area contributed by atoms with Crippen LogP contribution >= 0.6 is 0 Å². The van der Waals surface area contributed by atoms with Gasteiger partial charge in [-0.3, -0.25) is 4.79 Å². The van der Waals surface area contributed by atoms with Gasteiger partial charge in [-0.15, -0.1) is 0 Å². The van der Waals surface area contributed by atoms with Crippen molar-refractivity contribution in [3.8, 4) is 5.75 Å². The van der Waals surface area contributed by atoms with Gasteiger partial charge in [-0.1, -0.05) is 26.2 Å². The van der Waals surface area contributed by atoms with E-state index in [1.165, 1.54) is 18.2 Å². The van der Waals surface area contributed by atoms with E-state index in [1.54, 1.807) is 0 Å². The van der Waals surface area contributed by atoms with Crippen molar-refractivity contribution in [2.75, 3.05) is 18.5 Å². The minimum atomic E-state index is -1.25. The lowest BCUT2D eigenvalue weighted by Crippen LogP contribution is -2.18. The summed E-state index contributed by atoms with van der Waals surface area (Å²) < 4.78 is 5.24. The molecular weight excluding hydrogens is 274 g/mol. The number of ether oxygens (including phenoxy) is 1. The topological polar surface area (TPSA) is 95.9 Å². The standard InChI is InChI=1S/C15H21NO5/c1-2-3-4-5-8-21-10-14(18)16-11-6-7-13(17)12(9-11)15(19)20/h6-7,9,17H,2-5,8,10H2,1H3,(H,16,18)(H,19,20). The number of rotatable bonds is 9. The molecule has 116 valence electrons. The Morgan fingerprint density at radius 3 is 2.67 bits per heavy atom. The van der Waals surface area contributed by atoms with E-state index in [4.69, 9.17) is 9.84 Å². The number of hydrogen-bond acceptors (Lipinski definition) is 4. The monoisotopic (exact) mass is 295 g/mol. The number of benzene rings is 1. The van der Waals surface area contributed by atoms with Crippen LogP contribution in [0.25, 0.3) is 0 Å². The highest BCUT2D eigenvalue weighted by Crippen LogP contribution is 2.21. The molecule has 0 heterocycles. The maximum atomic E-state index is 11.6. The molecule has 6 nitrogen and oxygen atoms in total. The molecule has 0 fully saturated rings. The van der Waals surface area contributed by atoms with Crippen LogP contribution in [0.2, 0.25) is 0 Å². The van der Waals surface area contributed by atoms with Gasteiger partial charge < -0.3 is 20.3 Å². The van der Waals surface area contributed by atoms with Gasteiger partial charge in [0, 0.05) is 12.3 Å². The average molecular weight is 295 g/mol. The number of aromatic carboxylic acids is 1. The van der Waals surface area contributed by atoms with E-state index >= 15 is 0 Å². The van der Waals surface area contributed by atoms with Crippen LogP contribution in [0.5, 0.6) is 5.75 Å². The van der Waals surface area contributed by atoms with Crippen molar-refractivity contribution >= 4 is 17.6 Å². The summed E-state index contributed by atoms with van der Waals surface area (Å²) in [4.78, 5) is 22.5. The van der Waals surface area contributed by atoms with Crippen molar-refractivity contribution in [3.05, 3.63) is 23.8 Å². The van der Waals surface area contributed by atoms with Crippen molar-refractivity contribution < 1.29 is 24.5 Å². The molecular formula is C15H21NO5. The zero-order chi connectivity index (χ0) is 15.7. The van der Waals surface area contributed by atoms with Crippen molar-refractivity contribution in [1.82, 2.24) is 0 Å². The van der Waals surface area contributed by atoms with E-state index < -0.39 is 5.97 Å². The predicted octanol–water partition coefficient (Wildman–Crippen LogP) is 2.63. The lowest BCUT2D eigenvalue weighted by Gasteiger charge is -2.08. The van der Waals surface area contributed by atoms with E-state index in [0.717, 1.165) is 25.7 Å². The zero-order valence-electron chi connectivity index (χ0n) is 12.1. The van der Waals surface area contributed by atoms with E-state index in [0.29, 0.717) is 12.3 Å². The summed E-state index contributed by atoms with van der Waals surface area (Å²) >= 11 is 0. The smallest absolute Gasteiger partial charge is 0.339 e. The quantitative estimate of drug-likeness (QED) is 0.481. The normalized spacial score (nSPS) is 10.3. The molecule has 0 bridgehead atoms. The number of aromatic hydroxyl groups is 1. The second kappa shape index (κ2) is 8.97. The van der Waals surface area contributed by atoms with Gasteiger partial charge in [0.25, 0.3) is 0 Å². The molecule has 3 N–H and O–H groups in total. The lowest BCUT2D eigenvalue weighted by atomic mass is 10.2. The van der Waals surface area contributed by atoms with Crippen LogP contribution in [0, 0.1) is 0 Å². The Balaban J connectivity index is 2.38.